The summed E-state index contributed by atoms with van der Waals surface area (Å²) >= 11 is 6.21. The minimum Gasteiger partial charge on any atom is -0.256 e. The van der Waals surface area contributed by atoms with E-state index >= 15 is 0 Å². The number of halogens is 1. The van der Waals surface area contributed by atoms with Crippen LogP contribution in [-0.2, 0) is 5.88 Å². The van der Waals surface area contributed by atoms with E-state index in [1.807, 2.05) is 30.5 Å². The summed E-state index contributed by atoms with van der Waals surface area (Å²) in [5, 5.41) is 0. The van der Waals surface area contributed by atoms with Gasteiger partial charge in [0.1, 0.15) is 0 Å². The molecule has 0 unspecified atom stereocenters. The van der Waals surface area contributed by atoms with Gasteiger partial charge in [-0.15, -0.1) is 11.6 Å². The van der Waals surface area contributed by atoms with Gasteiger partial charge in [-0.25, -0.2) is 0 Å². The maximum Gasteiger partial charge on any atom is 0.0783 e. The molecular formula is C20H18ClN. The molecule has 2 heteroatoms. The number of hydrogen-bond acceptors (Lipinski definition) is 1. The van der Waals surface area contributed by atoms with Gasteiger partial charge in [-0.1, -0.05) is 54.1 Å². The maximum absolute atomic E-state index is 6.21. The van der Waals surface area contributed by atoms with Crippen molar-refractivity contribution in [2.24, 2.45) is 0 Å². The Hall–Kier alpha value is -2.12. The third-order valence-electron chi connectivity index (χ3n) is 3.89. The number of hydrogen-bond donors (Lipinski definition) is 0. The Morgan fingerprint density at radius 1 is 0.955 bits per heavy atom. The minimum atomic E-state index is 0.477. The number of benzene rings is 2. The normalized spacial score (nSPS) is 10.7. The molecule has 0 aliphatic carbocycles. The molecule has 1 heterocycles. The lowest BCUT2D eigenvalue weighted by molar-refractivity contribution is 1.26. The van der Waals surface area contributed by atoms with Crippen LogP contribution in [0, 0.1) is 13.8 Å². The van der Waals surface area contributed by atoms with E-state index in [1.54, 1.807) is 0 Å². The van der Waals surface area contributed by atoms with Crippen molar-refractivity contribution in [3.63, 3.8) is 0 Å². The monoisotopic (exact) mass is 307 g/mol. The van der Waals surface area contributed by atoms with Crippen molar-refractivity contribution in [3.05, 3.63) is 77.5 Å². The highest BCUT2D eigenvalue weighted by Crippen LogP contribution is 2.36. The smallest absolute Gasteiger partial charge is 0.0783 e. The first-order valence-electron chi connectivity index (χ1n) is 7.37. The lowest BCUT2D eigenvalue weighted by Crippen LogP contribution is -1.96. The Morgan fingerprint density at radius 2 is 1.73 bits per heavy atom. The van der Waals surface area contributed by atoms with Gasteiger partial charge in [0, 0.05) is 23.2 Å². The highest BCUT2D eigenvalue weighted by Gasteiger charge is 2.15. The number of pyridine rings is 1. The van der Waals surface area contributed by atoms with Crippen molar-refractivity contribution >= 4 is 11.6 Å². The highest BCUT2D eigenvalue weighted by atomic mass is 35.5. The molecule has 1 aromatic heterocycles. The molecule has 110 valence electrons. The Balaban J connectivity index is 2.32. The zero-order valence-corrected chi connectivity index (χ0v) is 13.6. The molecule has 0 spiro atoms. The standard InChI is InChI=1S/C20H18ClN/c1-14-8-9-15(2)18(12-14)19-17(13-21)10-11-22-20(19)16-6-4-3-5-7-16/h3-12H,13H2,1-2H3. The second kappa shape index (κ2) is 6.33. The minimum absolute atomic E-state index is 0.477. The van der Waals surface area contributed by atoms with Gasteiger partial charge in [0.15, 0.2) is 0 Å². The fourth-order valence-corrected chi connectivity index (χ4v) is 2.96. The molecule has 1 nitrogen and oxygen atoms in total. The van der Waals surface area contributed by atoms with Gasteiger partial charge < -0.3 is 0 Å². The van der Waals surface area contributed by atoms with Crippen LogP contribution in [0.5, 0.6) is 0 Å². The number of alkyl halides is 1. The van der Waals surface area contributed by atoms with Crippen molar-refractivity contribution < 1.29 is 0 Å². The van der Waals surface area contributed by atoms with E-state index in [0.29, 0.717) is 5.88 Å². The Labute approximate surface area is 136 Å². The summed E-state index contributed by atoms with van der Waals surface area (Å²) in [6.07, 6.45) is 1.84. The number of aryl methyl sites for hydroxylation is 2. The van der Waals surface area contributed by atoms with Gasteiger partial charge in [-0.3, -0.25) is 4.98 Å². The number of rotatable bonds is 3. The molecule has 0 N–H and O–H groups in total. The summed E-state index contributed by atoms with van der Waals surface area (Å²) in [4.78, 5) is 4.65. The Bertz CT molecular complexity index is 794. The van der Waals surface area contributed by atoms with Crippen LogP contribution in [0.2, 0.25) is 0 Å². The van der Waals surface area contributed by atoms with Crippen molar-refractivity contribution in [1.82, 2.24) is 4.98 Å². The van der Waals surface area contributed by atoms with E-state index < -0.39 is 0 Å². The van der Waals surface area contributed by atoms with E-state index in [2.05, 4.69) is 49.2 Å². The van der Waals surface area contributed by atoms with Crippen molar-refractivity contribution in [2.45, 2.75) is 19.7 Å². The molecule has 0 fully saturated rings. The SMILES string of the molecule is Cc1ccc(C)c(-c2c(CCl)ccnc2-c2ccccc2)c1. The van der Waals surface area contributed by atoms with Crippen LogP contribution >= 0.6 is 11.6 Å². The van der Waals surface area contributed by atoms with Gasteiger partial charge in [0.25, 0.3) is 0 Å². The average molecular weight is 308 g/mol. The third kappa shape index (κ3) is 2.77. The molecule has 3 rings (SSSR count). The van der Waals surface area contributed by atoms with Gasteiger partial charge >= 0.3 is 0 Å². The molecule has 0 saturated carbocycles. The number of nitrogens with zero attached hydrogens (tertiary/aromatic N) is 1. The topological polar surface area (TPSA) is 12.9 Å². The zero-order valence-electron chi connectivity index (χ0n) is 12.8. The maximum atomic E-state index is 6.21. The number of aromatic nitrogens is 1. The molecule has 0 atom stereocenters. The third-order valence-corrected chi connectivity index (χ3v) is 4.18. The first kappa shape index (κ1) is 14.8. The van der Waals surface area contributed by atoms with Crippen LogP contribution in [0.15, 0.2) is 60.8 Å². The second-order valence-corrected chi connectivity index (χ2v) is 5.78. The van der Waals surface area contributed by atoms with Crippen molar-refractivity contribution in [2.75, 3.05) is 0 Å². The van der Waals surface area contributed by atoms with Crippen LogP contribution in [0.3, 0.4) is 0 Å². The van der Waals surface area contributed by atoms with Crippen molar-refractivity contribution in [3.8, 4) is 22.4 Å². The largest absolute Gasteiger partial charge is 0.256 e. The van der Waals surface area contributed by atoms with E-state index in [9.17, 15) is 0 Å². The lowest BCUT2D eigenvalue weighted by atomic mass is 9.91. The fourth-order valence-electron chi connectivity index (χ4n) is 2.73. The summed E-state index contributed by atoms with van der Waals surface area (Å²) < 4.78 is 0. The first-order valence-corrected chi connectivity index (χ1v) is 7.91. The Kier molecular flexibility index (Phi) is 4.26. The van der Waals surface area contributed by atoms with E-state index in [0.717, 1.165) is 22.4 Å². The Morgan fingerprint density at radius 3 is 2.45 bits per heavy atom. The van der Waals surface area contributed by atoms with Gasteiger partial charge in [-0.05, 0) is 36.6 Å². The highest BCUT2D eigenvalue weighted by molar-refractivity contribution is 6.17. The summed E-state index contributed by atoms with van der Waals surface area (Å²) in [6.45, 7) is 4.25. The zero-order chi connectivity index (χ0) is 15.5. The molecule has 3 aromatic rings. The van der Waals surface area contributed by atoms with Crippen LogP contribution in [-0.4, -0.2) is 4.98 Å². The van der Waals surface area contributed by atoms with Crippen LogP contribution in [0.1, 0.15) is 16.7 Å². The van der Waals surface area contributed by atoms with Gasteiger partial charge in [-0.2, -0.15) is 0 Å². The lowest BCUT2D eigenvalue weighted by Gasteiger charge is -2.16. The fraction of sp³-hybridized carbons (Fsp3) is 0.150. The van der Waals surface area contributed by atoms with E-state index in [-0.39, 0.29) is 0 Å². The van der Waals surface area contributed by atoms with Crippen LogP contribution in [0.25, 0.3) is 22.4 Å². The summed E-state index contributed by atoms with van der Waals surface area (Å²) in [5.41, 5.74) is 8.06. The summed E-state index contributed by atoms with van der Waals surface area (Å²) in [6, 6.07) is 18.8. The van der Waals surface area contributed by atoms with Gasteiger partial charge in [0.2, 0.25) is 0 Å². The predicted octanol–water partition coefficient (Wildman–Crippen LogP) is 5.77. The molecule has 0 amide bonds. The molecule has 0 aliphatic rings. The average Bonchev–Trinajstić information content (AvgIpc) is 2.57. The van der Waals surface area contributed by atoms with E-state index in [1.165, 1.54) is 16.7 Å². The molecular weight excluding hydrogens is 290 g/mol. The summed E-state index contributed by atoms with van der Waals surface area (Å²) in [7, 11) is 0. The quantitative estimate of drug-likeness (QED) is 0.560. The first-order chi connectivity index (χ1) is 10.7. The predicted molar refractivity (Wildman–Crippen MR) is 94.1 cm³/mol. The molecule has 2 aromatic carbocycles. The second-order valence-electron chi connectivity index (χ2n) is 5.51. The molecule has 22 heavy (non-hydrogen) atoms. The summed E-state index contributed by atoms with van der Waals surface area (Å²) in [5.74, 6) is 0.477. The molecule has 0 saturated heterocycles. The van der Waals surface area contributed by atoms with E-state index in [4.69, 9.17) is 11.6 Å². The van der Waals surface area contributed by atoms with Crippen LogP contribution in [0.4, 0.5) is 0 Å². The molecule has 0 aliphatic heterocycles. The molecule has 0 radical (unpaired) electrons. The van der Waals surface area contributed by atoms with Gasteiger partial charge in [0.05, 0.1) is 5.69 Å². The van der Waals surface area contributed by atoms with Crippen molar-refractivity contribution in [1.29, 1.82) is 0 Å². The molecule has 0 bridgehead atoms. The van der Waals surface area contributed by atoms with Crippen LogP contribution < -0.4 is 0 Å².